The van der Waals surface area contributed by atoms with Crippen LogP contribution in [0.25, 0.3) is 10.9 Å². The minimum absolute atomic E-state index is 0.0487. The lowest BCUT2D eigenvalue weighted by Gasteiger charge is -2.36. The lowest BCUT2D eigenvalue weighted by Crippen LogP contribution is -2.49. The van der Waals surface area contributed by atoms with E-state index in [0.717, 1.165) is 16.6 Å². The smallest absolute Gasteiger partial charge is 0.272 e. The molecule has 134 valence electrons. The summed E-state index contributed by atoms with van der Waals surface area (Å²) >= 11 is 6.50. The monoisotopic (exact) mass is 371 g/mol. The highest BCUT2D eigenvalue weighted by atomic mass is 35.5. The van der Waals surface area contributed by atoms with E-state index in [4.69, 9.17) is 11.6 Å². The van der Waals surface area contributed by atoms with Gasteiger partial charge in [0.1, 0.15) is 11.5 Å². The Morgan fingerprint density at radius 3 is 2.31 bits per heavy atom. The molecule has 3 aromatic rings. The van der Waals surface area contributed by atoms with Crippen molar-refractivity contribution < 1.29 is 9.18 Å². The summed E-state index contributed by atoms with van der Waals surface area (Å²) in [7, 11) is 1.87. The van der Waals surface area contributed by atoms with Gasteiger partial charge in [-0.3, -0.25) is 4.79 Å². The van der Waals surface area contributed by atoms with E-state index in [1.54, 1.807) is 12.1 Å². The number of halogens is 2. The molecule has 0 bridgehead atoms. The van der Waals surface area contributed by atoms with Crippen LogP contribution in [0.5, 0.6) is 0 Å². The molecule has 2 heterocycles. The summed E-state index contributed by atoms with van der Waals surface area (Å²) < 4.78 is 15.0. The van der Waals surface area contributed by atoms with Crippen LogP contribution < -0.4 is 4.90 Å². The van der Waals surface area contributed by atoms with Gasteiger partial charge in [0.25, 0.3) is 5.91 Å². The fourth-order valence-corrected chi connectivity index (χ4v) is 3.92. The first kappa shape index (κ1) is 16.9. The van der Waals surface area contributed by atoms with Crippen molar-refractivity contribution in [2.24, 2.45) is 7.05 Å². The molecule has 26 heavy (non-hydrogen) atoms. The molecule has 1 aliphatic rings. The van der Waals surface area contributed by atoms with E-state index in [0.29, 0.717) is 36.9 Å². The van der Waals surface area contributed by atoms with Crippen LogP contribution in [0.1, 0.15) is 10.5 Å². The predicted molar refractivity (Wildman–Crippen MR) is 102 cm³/mol. The molecule has 0 N–H and O–H groups in total. The number of para-hydroxylation sites is 1. The van der Waals surface area contributed by atoms with E-state index >= 15 is 0 Å². The fraction of sp³-hybridized carbons (Fsp3) is 0.250. The van der Waals surface area contributed by atoms with Crippen LogP contribution in [0.4, 0.5) is 10.1 Å². The van der Waals surface area contributed by atoms with Crippen molar-refractivity contribution in [3.05, 3.63) is 65.1 Å². The van der Waals surface area contributed by atoms with Crippen LogP contribution in [-0.4, -0.2) is 41.6 Å². The van der Waals surface area contributed by atoms with E-state index in [2.05, 4.69) is 4.90 Å². The highest BCUT2D eigenvalue weighted by Crippen LogP contribution is 2.31. The van der Waals surface area contributed by atoms with E-state index in [1.807, 2.05) is 40.8 Å². The summed E-state index contributed by atoms with van der Waals surface area (Å²) in [5.41, 5.74) is 2.45. The Morgan fingerprint density at radius 2 is 1.65 bits per heavy atom. The number of hydrogen-bond acceptors (Lipinski definition) is 2. The molecule has 0 saturated carbocycles. The third kappa shape index (κ3) is 2.82. The van der Waals surface area contributed by atoms with E-state index in [9.17, 15) is 9.18 Å². The quantitative estimate of drug-likeness (QED) is 0.682. The first-order chi connectivity index (χ1) is 12.6. The third-order valence-corrected chi connectivity index (χ3v) is 5.39. The van der Waals surface area contributed by atoms with Crippen molar-refractivity contribution >= 4 is 34.1 Å². The summed E-state index contributed by atoms with van der Waals surface area (Å²) in [5, 5.41) is 1.40. The number of carbonyl (C=O) groups excluding carboxylic acids is 1. The van der Waals surface area contributed by atoms with Gasteiger partial charge in [0.15, 0.2) is 0 Å². The van der Waals surface area contributed by atoms with Crippen molar-refractivity contribution in [3.63, 3.8) is 0 Å². The Hall–Kier alpha value is -2.53. The van der Waals surface area contributed by atoms with E-state index in [-0.39, 0.29) is 11.7 Å². The number of aryl methyl sites for hydroxylation is 1. The van der Waals surface area contributed by atoms with Crippen molar-refractivity contribution in [2.45, 2.75) is 0 Å². The van der Waals surface area contributed by atoms with Gasteiger partial charge in [-0.25, -0.2) is 4.39 Å². The molecular formula is C20H19ClFN3O. The average molecular weight is 372 g/mol. The van der Waals surface area contributed by atoms with Gasteiger partial charge in [0.2, 0.25) is 0 Å². The molecular weight excluding hydrogens is 353 g/mol. The number of benzene rings is 2. The molecule has 1 aliphatic heterocycles. The van der Waals surface area contributed by atoms with Gasteiger partial charge in [0, 0.05) is 49.8 Å². The lowest BCUT2D eigenvalue weighted by molar-refractivity contribution is 0.0738. The number of hydrogen-bond donors (Lipinski definition) is 0. The number of fused-ring (bicyclic) bond motifs is 1. The molecule has 0 atom stereocenters. The van der Waals surface area contributed by atoms with Gasteiger partial charge < -0.3 is 14.4 Å². The molecule has 0 aliphatic carbocycles. The summed E-state index contributed by atoms with van der Waals surface area (Å²) in [6.45, 7) is 2.62. The standard InChI is InChI=1S/C20H19ClFN3O/c1-23-17-5-3-2-4-16(17)18(21)19(23)20(26)25-12-10-24(11-13-25)15-8-6-14(22)7-9-15/h2-9H,10-13H2,1H3. The molecule has 4 rings (SSSR count). The first-order valence-electron chi connectivity index (χ1n) is 8.59. The maximum Gasteiger partial charge on any atom is 0.272 e. The number of amides is 1. The summed E-state index contributed by atoms with van der Waals surface area (Å²) in [4.78, 5) is 17.0. The Balaban J connectivity index is 1.53. The highest BCUT2D eigenvalue weighted by Gasteiger charge is 2.27. The number of nitrogens with zero attached hydrogens (tertiary/aromatic N) is 3. The van der Waals surface area contributed by atoms with Gasteiger partial charge >= 0.3 is 0 Å². The zero-order valence-corrected chi connectivity index (χ0v) is 15.2. The number of aromatic nitrogens is 1. The highest BCUT2D eigenvalue weighted by molar-refractivity contribution is 6.38. The van der Waals surface area contributed by atoms with Gasteiger partial charge in [-0.2, -0.15) is 0 Å². The van der Waals surface area contributed by atoms with Crippen LogP contribution in [0.15, 0.2) is 48.5 Å². The number of anilines is 1. The van der Waals surface area contributed by atoms with Crippen molar-refractivity contribution in [1.29, 1.82) is 0 Å². The molecule has 1 aromatic heterocycles. The molecule has 0 unspecified atom stereocenters. The fourth-order valence-electron chi connectivity index (χ4n) is 3.55. The SMILES string of the molecule is Cn1c(C(=O)N2CCN(c3ccc(F)cc3)CC2)c(Cl)c2ccccc21. The van der Waals surface area contributed by atoms with Crippen LogP contribution in [0, 0.1) is 5.82 Å². The molecule has 4 nitrogen and oxygen atoms in total. The molecule has 1 fully saturated rings. The average Bonchev–Trinajstić information content (AvgIpc) is 2.93. The molecule has 1 saturated heterocycles. The van der Waals surface area contributed by atoms with E-state index < -0.39 is 0 Å². The van der Waals surface area contributed by atoms with Crippen molar-refractivity contribution in [1.82, 2.24) is 9.47 Å². The summed E-state index contributed by atoms with van der Waals surface area (Å²) in [6.07, 6.45) is 0. The minimum atomic E-state index is -0.243. The van der Waals surface area contributed by atoms with Crippen LogP contribution in [0.2, 0.25) is 5.02 Å². The first-order valence-corrected chi connectivity index (χ1v) is 8.97. The van der Waals surface area contributed by atoms with Gasteiger partial charge in [-0.05, 0) is 30.3 Å². The second-order valence-electron chi connectivity index (χ2n) is 6.49. The van der Waals surface area contributed by atoms with Crippen LogP contribution >= 0.6 is 11.6 Å². The number of piperazine rings is 1. The lowest BCUT2D eigenvalue weighted by atomic mass is 10.2. The molecule has 2 aromatic carbocycles. The van der Waals surface area contributed by atoms with Crippen molar-refractivity contribution in [3.8, 4) is 0 Å². The normalized spacial score (nSPS) is 14.9. The number of rotatable bonds is 2. The van der Waals surface area contributed by atoms with Crippen LogP contribution in [-0.2, 0) is 7.05 Å². The van der Waals surface area contributed by atoms with Gasteiger partial charge in [-0.15, -0.1) is 0 Å². The maximum atomic E-state index is 13.1. The minimum Gasteiger partial charge on any atom is -0.368 e. The maximum absolute atomic E-state index is 13.1. The largest absolute Gasteiger partial charge is 0.368 e. The van der Waals surface area contributed by atoms with Gasteiger partial charge in [-0.1, -0.05) is 29.8 Å². The number of carbonyl (C=O) groups is 1. The second kappa shape index (κ2) is 6.65. The summed E-state index contributed by atoms with van der Waals surface area (Å²) in [6, 6.07) is 14.2. The molecule has 1 amide bonds. The predicted octanol–water partition coefficient (Wildman–Crippen LogP) is 3.93. The molecule has 6 heteroatoms. The Bertz CT molecular complexity index is 920. The molecule has 0 radical (unpaired) electrons. The van der Waals surface area contributed by atoms with Gasteiger partial charge in [0.05, 0.1) is 5.02 Å². The topological polar surface area (TPSA) is 28.5 Å². The van der Waals surface area contributed by atoms with E-state index in [1.165, 1.54) is 12.1 Å². The second-order valence-corrected chi connectivity index (χ2v) is 6.87. The van der Waals surface area contributed by atoms with Crippen molar-refractivity contribution in [2.75, 3.05) is 31.1 Å². The zero-order chi connectivity index (χ0) is 18.3. The third-order valence-electron chi connectivity index (χ3n) is 5.01. The zero-order valence-electron chi connectivity index (χ0n) is 14.5. The molecule has 0 spiro atoms. The Labute approximate surface area is 156 Å². The summed E-state index contributed by atoms with van der Waals surface area (Å²) in [5.74, 6) is -0.291. The Morgan fingerprint density at radius 1 is 1.00 bits per heavy atom. The Kier molecular flexibility index (Phi) is 4.32. The van der Waals surface area contributed by atoms with Crippen LogP contribution in [0.3, 0.4) is 0 Å².